The number of para-hydroxylation sites is 1. The summed E-state index contributed by atoms with van der Waals surface area (Å²) in [5, 5.41) is 7.26. The van der Waals surface area contributed by atoms with Gasteiger partial charge < -0.3 is 10.3 Å². The summed E-state index contributed by atoms with van der Waals surface area (Å²) >= 11 is 0. The Morgan fingerprint density at radius 2 is 1.14 bits per heavy atom. The number of aromatic nitrogens is 1. The summed E-state index contributed by atoms with van der Waals surface area (Å²) in [7, 11) is 0. The van der Waals surface area contributed by atoms with Crippen LogP contribution in [0.15, 0.2) is 188 Å². The summed E-state index contributed by atoms with van der Waals surface area (Å²) in [5.41, 5.74) is 19.1. The van der Waals surface area contributed by atoms with Gasteiger partial charge in [0.15, 0.2) is 0 Å². The van der Waals surface area contributed by atoms with Crippen molar-refractivity contribution < 1.29 is 0 Å². The van der Waals surface area contributed by atoms with Crippen LogP contribution in [0.3, 0.4) is 0 Å². The molecule has 242 valence electrons. The van der Waals surface area contributed by atoms with Gasteiger partial charge in [0.25, 0.3) is 0 Å². The number of fused-ring (bicyclic) bond motifs is 6. The van der Waals surface area contributed by atoms with E-state index in [0.29, 0.717) is 0 Å². The van der Waals surface area contributed by atoms with Crippen LogP contribution < -0.4 is 5.73 Å². The Bertz CT molecular complexity index is 2800. The first-order valence-corrected chi connectivity index (χ1v) is 17.5. The zero-order chi connectivity index (χ0) is 34.3. The molecule has 9 rings (SSSR count). The maximum Gasteiger partial charge on any atom is 0.0619 e. The third-order valence-corrected chi connectivity index (χ3v) is 10.1. The number of nitrogens with zero attached hydrogens (tertiary/aromatic N) is 1. The van der Waals surface area contributed by atoms with Crippen LogP contribution in [0.2, 0.25) is 0 Å². The molecule has 0 spiro atoms. The van der Waals surface area contributed by atoms with E-state index in [4.69, 9.17) is 5.73 Å². The fourth-order valence-electron chi connectivity index (χ4n) is 7.63. The smallest absolute Gasteiger partial charge is 0.0619 e. The Balaban J connectivity index is 1.23. The summed E-state index contributed by atoms with van der Waals surface area (Å²) in [6.45, 7) is 2.00. The monoisotopic (exact) mass is 652 g/mol. The van der Waals surface area contributed by atoms with Crippen LogP contribution in [-0.4, -0.2) is 4.57 Å². The topological polar surface area (TPSA) is 30.9 Å². The Morgan fingerprint density at radius 1 is 0.490 bits per heavy atom. The van der Waals surface area contributed by atoms with E-state index in [1.807, 2.05) is 25.2 Å². The predicted octanol–water partition coefficient (Wildman–Crippen LogP) is 13.0. The lowest BCUT2D eigenvalue weighted by Crippen LogP contribution is -1.97. The number of hydrogen-bond acceptors (Lipinski definition) is 1. The minimum Gasteiger partial charge on any atom is -0.398 e. The molecule has 0 atom stereocenters. The second-order valence-electron chi connectivity index (χ2n) is 13.1. The van der Waals surface area contributed by atoms with Gasteiger partial charge in [-0.1, -0.05) is 152 Å². The van der Waals surface area contributed by atoms with Gasteiger partial charge in [-0.3, -0.25) is 0 Å². The molecule has 0 aliphatic carbocycles. The first-order valence-electron chi connectivity index (χ1n) is 17.5. The largest absolute Gasteiger partial charge is 0.398 e. The van der Waals surface area contributed by atoms with E-state index in [0.717, 1.165) is 22.3 Å². The van der Waals surface area contributed by atoms with E-state index < -0.39 is 0 Å². The van der Waals surface area contributed by atoms with Gasteiger partial charge in [-0.15, -0.1) is 0 Å². The molecular formula is C49H36N2. The maximum absolute atomic E-state index is 6.54. The minimum atomic E-state index is 0.762. The molecule has 0 radical (unpaired) electrons. The van der Waals surface area contributed by atoms with Crippen molar-refractivity contribution >= 4 is 49.0 Å². The van der Waals surface area contributed by atoms with Crippen molar-refractivity contribution in [1.82, 2.24) is 4.57 Å². The number of hydrogen-bond donors (Lipinski definition) is 1. The van der Waals surface area contributed by atoms with Gasteiger partial charge in [-0.25, -0.2) is 0 Å². The Labute approximate surface area is 298 Å². The summed E-state index contributed by atoms with van der Waals surface area (Å²) in [6.07, 6.45) is 5.96. The standard InChI is InChI=1S/C49H36N2/c1-2-3-21-47(50)44-29-28-40(42-19-10-11-20-43(42)44)37-23-25-41-38(31-37)24-27-46-45-26-22-36(32-48(45)51(49(41)46)39-17-8-5-9-18-39)35-16-12-15-34(30-35)33-13-6-4-7-14-33/h2-32H,50H2,1H3/b3-2-,47-21-. The SMILES string of the molecule is C/C=C\C=C(/N)c1ccc(-c2ccc3c(ccc4c5ccc(-c6cccc(-c7ccccc7)c6)cc5n(-c5ccccc5)c34)c2)c2ccccc12. The Morgan fingerprint density at radius 3 is 1.94 bits per heavy atom. The first kappa shape index (κ1) is 30.4. The second-order valence-corrected chi connectivity index (χ2v) is 13.1. The highest BCUT2D eigenvalue weighted by Gasteiger charge is 2.17. The first-order chi connectivity index (χ1) is 25.2. The van der Waals surface area contributed by atoms with E-state index in [1.54, 1.807) is 0 Å². The van der Waals surface area contributed by atoms with E-state index in [1.165, 1.54) is 71.3 Å². The molecule has 2 heteroatoms. The average molecular weight is 653 g/mol. The lowest BCUT2D eigenvalue weighted by Gasteiger charge is -2.14. The van der Waals surface area contributed by atoms with Crippen molar-refractivity contribution in [3.8, 4) is 39.1 Å². The predicted molar refractivity (Wildman–Crippen MR) is 219 cm³/mol. The molecule has 0 bridgehead atoms. The van der Waals surface area contributed by atoms with Crippen molar-refractivity contribution in [3.63, 3.8) is 0 Å². The molecule has 1 aromatic heterocycles. The molecule has 0 saturated carbocycles. The highest BCUT2D eigenvalue weighted by Crippen LogP contribution is 2.41. The fourth-order valence-corrected chi connectivity index (χ4v) is 7.63. The van der Waals surface area contributed by atoms with Crippen LogP contribution in [0.5, 0.6) is 0 Å². The molecular weight excluding hydrogens is 617 g/mol. The van der Waals surface area contributed by atoms with Crippen LogP contribution in [-0.2, 0) is 0 Å². The second kappa shape index (κ2) is 12.7. The molecule has 0 saturated heterocycles. The van der Waals surface area contributed by atoms with Crippen LogP contribution in [0.1, 0.15) is 12.5 Å². The number of nitrogens with two attached hydrogens (primary N) is 1. The van der Waals surface area contributed by atoms with Crippen molar-refractivity contribution in [2.45, 2.75) is 6.92 Å². The highest BCUT2D eigenvalue weighted by atomic mass is 15.0. The number of allylic oxidation sites excluding steroid dienone is 3. The van der Waals surface area contributed by atoms with Crippen molar-refractivity contribution in [2.75, 3.05) is 0 Å². The molecule has 0 aliphatic rings. The van der Waals surface area contributed by atoms with Gasteiger partial charge in [0.1, 0.15) is 0 Å². The fraction of sp³-hybridized carbons (Fsp3) is 0.0204. The van der Waals surface area contributed by atoms with Crippen LogP contribution >= 0.6 is 0 Å². The van der Waals surface area contributed by atoms with Gasteiger partial charge in [0.2, 0.25) is 0 Å². The zero-order valence-corrected chi connectivity index (χ0v) is 28.4. The Hall–Kier alpha value is -6.64. The van der Waals surface area contributed by atoms with Gasteiger partial charge in [0, 0.05) is 33.1 Å². The van der Waals surface area contributed by atoms with Crippen molar-refractivity contribution in [1.29, 1.82) is 0 Å². The average Bonchev–Trinajstić information content (AvgIpc) is 3.54. The maximum atomic E-state index is 6.54. The molecule has 51 heavy (non-hydrogen) atoms. The molecule has 0 aliphatic heterocycles. The number of rotatable bonds is 6. The summed E-state index contributed by atoms with van der Waals surface area (Å²) < 4.78 is 2.45. The molecule has 0 amide bonds. The third-order valence-electron chi connectivity index (χ3n) is 10.1. The molecule has 2 N–H and O–H groups in total. The summed E-state index contributed by atoms with van der Waals surface area (Å²) in [4.78, 5) is 0. The van der Waals surface area contributed by atoms with Crippen LogP contribution in [0, 0.1) is 0 Å². The highest BCUT2D eigenvalue weighted by molar-refractivity contribution is 6.19. The molecule has 8 aromatic carbocycles. The van der Waals surface area contributed by atoms with E-state index >= 15 is 0 Å². The minimum absolute atomic E-state index is 0.762. The lowest BCUT2D eigenvalue weighted by molar-refractivity contribution is 1.19. The van der Waals surface area contributed by atoms with E-state index in [-0.39, 0.29) is 0 Å². The quantitative estimate of drug-likeness (QED) is 0.178. The molecule has 1 heterocycles. The summed E-state index contributed by atoms with van der Waals surface area (Å²) in [6, 6.07) is 61.5. The van der Waals surface area contributed by atoms with E-state index in [2.05, 4.69) is 174 Å². The molecule has 0 fully saturated rings. The normalized spacial score (nSPS) is 12.1. The third kappa shape index (κ3) is 5.29. The molecule has 2 nitrogen and oxygen atoms in total. The lowest BCUT2D eigenvalue weighted by atomic mass is 9.92. The number of benzene rings is 8. The van der Waals surface area contributed by atoms with Crippen LogP contribution in [0.25, 0.3) is 88.1 Å². The van der Waals surface area contributed by atoms with Gasteiger partial charge in [-0.05, 0) is 92.9 Å². The van der Waals surface area contributed by atoms with Gasteiger partial charge in [0.05, 0.1) is 11.0 Å². The van der Waals surface area contributed by atoms with Crippen molar-refractivity contribution in [3.05, 3.63) is 194 Å². The molecule has 0 unspecified atom stereocenters. The van der Waals surface area contributed by atoms with E-state index in [9.17, 15) is 0 Å². The van der Waals surface area contributed by atoms with Crippen LogP contribution in [0.4, 0.5) is 0 Å². The van der Waals surface area contributed by atoms with Crippen molar-refractivity contribution in [2.24, 2.45) is 5.73 Å². The van der Waals surface area contributed by atoms with Gasteiger partial charge >= 0.3 is 0 Å². The van der Waals surface area contributed by atoms with Gasteiger partial charge in [-0.2, -0.15) is 0 Å². The summed E-state index contributed by atoms with van der Waals surface area (Å²) in [5.74, 6) is 0. The molecule has 9 aromatic rings. The Kier molecular flexibility index (Phi) is 7.56. The zero-order valence-electron chi connectivity index (χ0n) is 28.4.